The fraction of sp³-hybridized carbons (Fsp3) is 0.500. The predicted octanol–water partition coefficient (Wildman–Crippen LogP) is -0.237. The van der Waals surface area contributed by atoms with Gasteiger partial charge in [-0.1, -0.05) is 12.2 Å². The van der Waals surface area contributed by atoms with Gasteiger partial charge < -0.3 is 10.3 Å². The van der Waals surface area contributed by atoms with Crippen LogP contribution in [0.25, 0.3) is 0 Å². The lowest BCUT2D eigenvalue weighted by Crippen LogP contribution is -2.52. The third-order valence-electron chi connectivity index (χ3n) is 1.96. The number of nitrogens with zero attached hydrogens (tertiary/aromatic N) is 2. The van der Waals surface area contributed by atoms with Crippen LogP contribution in [0.5, 0.6) is 0 Å². The summed E-state index contributed by atoms with van der Waals surface area (Å²) in [6.45, 7) is 3.19. The Balaban J connectivity index is 3.02. The summed E-state index contributed by atoms with van der Waals surface area (Å²) in [5.41, 5.74) is 4.46. The summed E-state index contributed by atoms with van der Waals surface area (Å²) in [7, 11) is -2.01. The molecule has 0 aliphatic carbocycles. The molecule has 0 saturated carbocycles. The van der Waals surface area contributed by atoms with E-state index in [4.69, 9.17) is 18.0 Å². The molecule has 0 saturated heterocycles. The van der Waals surface area contributed by atoms with Crippen LogP contribution >= 0.6 is 12.2 Å². The number of aromatic nitrogens is 2. The van der Waals surface area contributed by atoms with Crippen molar-refractivity contribution in [1.29, 1.82) is 0 Å². The van der Waals surface area contributed by atoms with E-state index in [9.17, 15) is 8.42 Å². The molecule has 0 bridgehead atoms. The summed E-state index contributed by atoms with van der Waals surface area (Å²) in [6.07, 6.45) is 2.81. The van der Waals surface area contributed by atoms with E-state index < -0.39 is 15.6 Å². The van der Waals surface area contributed by atoms with E-state index >= 15 is 0 Å². The second-order valence-electron chi connectivity index (χ2n) is 3.97. The molecule has 0 unspecified atom stereocenters. The zero-order chi connectivity index (χ0) is 12.6. The zero-order valence-corrected chi connectivity index (χ0v) is 10.9. The average molecular weight is 262 g/mol. The van der Waals surface area contributed by atoms with E-state index in [-0.39, 0.29) is 10.0 Å². The molecule has 1 aromatic heterocycles. The maximum atomic E-state index is 11.9. The predicted molar refractivity (Wildman–Crippen MR) is 64.4 cm³/mol. The van der Waals surface area contributed by atoms with E-state index in [0.29, 0.717) is 0 Å². The zero-order valence-electron chi connectivity index (χ0n) is 9.26. The standard InChI is InChI=1S/C8H14N4O2S2/c1-8(2,7(9)15)11-16(13,14)6-4-12(3)5-10-6/h4-5,11H,1-3H3,(H2,9,15). The second kappa shape index (κ2) is 4.11. The second-order valence-corrected chi connectivity index (χ2v) is 6.04. The normalized spacial score (nSPS) is 12.7. The van der Waals surface area contributed by atoms with Crippen molar-refractivity contribution in [2.75, 3.05) is 0 Å². The number of thiocarbonyl (C=S) groups is 1. The Morgan fingerprint density at radius 2 is 2.19 bits per heavy atom. The van der Waals surface area contributed by atoms with Crippen LogP contribution in [0.15, 0.2) is 17.6 Å². The molecule has 0 aromatic carbocycles. The number of sulfonamides is 1. The van der Waals surface area contributed by atoms with Gasteiger partial charge in [0.05, 0.1) is 16.9 Å². The molecule has 6 nitrogen and oxygen atoms in total. The highest BCUT2D eigenvalue weighted by atomic mass is 32.2. The lowest BCUT2D eigenvalue weighted by atomic mass is 10.1. The molecule has 0 aliphatic rings. The minimum absolute atomic E-state index is 0.0562. The van der Waals surface area contributed by atoms with Crippen LogP contribution in [0.1, 0.15) is 13.8 Å². The lowest BCUT2D eigenvalue weighted by molar-refractivity contribution is 0.543. The van der Waals surface area contributed by atoms with Crippen LogP contribution < -0.4 is 10.5 Å². The summed E-state index contributed by atoms with van der Waals surface area (Å²) >= 11 is 4.78. The molecule has 1 heterocycles. The molecule has 0 atom stereocenters. The van der Waals surface area contributed by atoms with Crippen LogP contribution in [0.3, 0.4) is 0 Å². The molecule has 0 aliphatic heterocycles. The first-order valence-corrected chi connectivity index (χ1v) is 6.36. The van der Waals surface area contributed by atoms with Crippen molar-refractivity contribution in [2.24, 2.45) is 12.8 Å². The van der Waals surface area contributed by atoms with Crippen molar-refractivity contribution >= 4 is 27.2 Å². The Hall–Kier alpha value is -0.990. The number of aryl methyl sites for hydroxylation is 1. The Labute approximate surface area is 99.9 Å². The Morgan fingerprint density at radius 3 is 2.56 bits per heavy atom. The number of nitrogens with one attached hydrogen (secondary N) is 1. The molecule has 3 N–H and O–H groups in total. The van der Waals surface area contributed by atoms with Crippen LogP contribution in [0.4, 0.5) is 0 Å². The van der Waals surface area contributed by atoms with E-state index in [1.807, 2.05) is 0 Å². The highest BCUT2D eigenvalue weighted by Gasteiger charge is 2.29. The summed E-state index contributed by atoms with van der Waals surface area (Å²) in [5.74, 6) is 0. The summed E-state index contributed by atoms with van der Waals surface area (Å²) < 4.78 is 27.7. The third kappa shape index (κ3) is 2.77. The van der Waals surface area contributed by atoms with Crippen LogP contribution in [-0.4, -0.2) is 28.5 Å². The molecule has 90 valence electrons. The van der Waals surface area contributed by atoms with Gasteiger partial charge in [-0.3, -0.25) is 0 Å². The molecule has 0 spiro atoms. The number of nitrogens with two attached hydrogens (primary N) is 1. The molecule has 1 aromatic rings. The SMILES string of the molecule is Cn1cnc(S(=O)(=O)NC(C)(C)C(N)=S)c1. The average Bonchev–Trinajstić information content (AvgIpc) is 2.50. The molecule has 0 radical (unpaired) electrons. The van der Waals surface area contributed by atoms with Gasteiger partial charge in [-0.2, -0.15) is 4.72 Å². The van der Waals surface area contributed by atoms with Crippen molar-refractivity contribution in [1.82, 2.24) is 14.3 Å². The largest absolute Gasteiger partial charge is 0.392 e. The Bertz CT molecular complexity index is 504. The van der Waals surface area contributed by atoms with E-state index in [1.165, 1.54) is 12.5 Å². The van der Waals surface area contributed by atoms with Crippen LogP contribution in [-0.2, 0) is 17.1 Å². The highest BCUT2D eigenvalue weighted by molar-refractivity contribution is 7.89. The van der Waals surface area contributed by atoms with E-state index in [0.717, 1.165) is 0 Å². The maximum absolute atomic E-state index is 11.9. The van der Waals surface area contributed by atoms with E-state index in [1.54, 1.807) is 25.5 Å². The lowest BCUT2D eigenvalue weighted by Gasteiger charge is -2.23. The Kier molecular flexibility index (Phi) is 3.36. The van der Waals surface area contributed by atoms with Gasteiger partial charge in [0.2, 0.25) is 0 Å². The molecular formula is C8H14N4O2S2. The first-order chi connectivity index (χ1) is 7.15. The molecule has 0 fully saturated rings. The van der Waals surface area contributed by atoms with Crippen molar-refractivity contribution in [2.45, 2.75) is 24.4 Å². The minimum Gasteiger partial charge on any atom is -0.392 e. The number of rotatable bonds is 4. The fourth-order valence-electron chi connectivity index (χ4n) is 0.966. The van der Waals surface area contributed by atoms with Gasteiger partial charge in [0.1, 0.15) is 0 Å². The fourth-order valence-corrected chi connectivity index (χ4v) is 2.46. The van der Waals surface area contributed by atoms with Gasteiger partial charge in [0.15, 0.2) is 5.03 Å². The van der Waals surface area contributed by atoms with Crippen molar-refractivity contribution in [3.05, 3.63) is 12.5 Å². The summed E-state index contributed by atoms with van der Waals surface area (Å²) in [4.78, 5) is 3.84. The molecule has 1 rings (SSSR count). The Morgan fingerprint density at radius 1 is 1.62 bits per heavy atom. The molecule has 0 amide bonds. The quantitative estimate of drug-likeness (QED) is 0.731. The van der Waals surface area contributed by atoms with Crippen LogP contribution in [0.2, 0.25) is 0 Å². The maximum Gasteiger partial charge on any atom is 0.260 e. The monoisotopic (exact) mass is 262 g/mol. The first kappa shape index (κ1) is 13.1. The van der Waals surface area contributed by atoms with Gasteiger partial charge in [0.25, 0.3) is 10.0 Å². The smallest absolute Gasteiger partial charge is 0.260 e. The summed E-state index contributed by atoms with van der Waals surface area (Å²) in [6, 6.07) is 0. The van der Waals surface area contributed by atoms with Crippen LogP contribution in [0, 0.1) is 0 Å². The van der Waals surface area contributed by atoms with Gasteiger partial charge in [-0.15, -0.1) is 0 Å². The van der Waals surface area contributed by atoms with Crippen molar-refractivity contribution in [3.63, 3.8) is 0 Å². The van der Waals surface area contributed by atoms with Gasteiger partial charge in [0, 0.05) is 13.2 Å². The highest BCUT2D eigenvalue weighted by Crippen LogP contribution is 2.10. The molecule has 8 heteroatoms. The number of hydrogen-bond donors (Lipinski definition) is 2. The van der Waals surface area contributed by atoms with E-state index in [2.05, 4.69) is 9.71 Å². The van der Waals surface area contributed by atoms with Crippen molar-refractivity contribution < 1.29 is 8.42 Å². The number of imidazole rings is 1. The first-order valence-electron chi connectivity index (χ1n) is 4.47. The summed E-state index contributed by atoms with van der Waals surface area (Å²) in [5, 5.41) is -0.0562. The number of hydrogen-bond acceptors (Lipinski definition) is 4. The van der Waals surface area contributed by atoms with Gasteiger partial charge in [-0.05, 0) is 13.8 Å². The van der Waals surface area contributed by atoms with Crippen molar-refractivity contribution in [3.8, 4) is 0 Å². The molecule has 16 heavy (non-hydrogen) atoms. The third-order valence-corrected chi connectivity index (χ3v) is 4.01. The molecular weight excluding hydrogens is 248 g/mol. The van der Waals surface area contributed by atoms with Gasteiger partial charge >= 0.3 is 0 Å². The minimum atomic E-state index is -3.69. The van der Waals surface area contributed by atoms with Gasteiger partial charge in [-0.25, -0.2) is 13.4 Å². The topological polar surface area (TPSA) is 90.0 Å².